The third-order valence-corrected chi connectivity index (χ3v) is 2.29. The van der Waals surface area contributed by atoms with Gasteiger partial charge in [0, 0.05) is 12.7 Å². The van der Waals surface area contributed by atoms with Crippen LogP contribution in [0.15, 0.2) is 6.20 Å². The minimum absolute atomic E-state index is 0.262. The SMILES string of the molecule is CCNCc1cn(CCOCCOC(C)C)nn1. The Bertz CT molecular complexity index is 315. The van der Waals surface area contributed by atoms with Gasteiger partial charge in [-0.1, -0.05) is 12.1 Å². The Labute approximate surface area is 109 Å². The highest BCUT2D eigenvalue weighted by molar-refractivity contribution is 4.91. The van der Waals surface area contributed by atoms with Crippen LogP contribution in [0, 0.1) is 0 Å². The van der Waals surface area contributed by atoms with Crippen LogP contribution in [0.4, 0.5) is 0 Å². The molecule has 0 aromatic carbocycles. The van der Waals surface area contributed by atoms with E-state index in [1.807, 2.05) is 20.0 Å². The number of nitrogens with one attached hydrogen (secondary N) is 1. The highest BCUT2D eigenvalue weighted by atomic mass is 16.5. The van der Waals surface area contributed by atoms with E-state index in [-0.39, 0.29) is 6.10 Å². The highest BCUT2D eigenvalue weighted by Gasteiger charge is 1.99. The van der Waals surface area contributed by atoms with Gasteiger partial charge < -0.3 is 14.8 Å². The van der Waals surface area contributed by atoms with Gasteiger partial charge in [0.05, 0.1) is 38.2 Å². The first kappa shape index (κ1) is 15.1. The van der Waals surface area contributed by atoms with Crippen LogP contribution < -0.4 is 5.32 Å². The molecule has 0 aliphatic carbocycles. The zero-order chi connectivity index (χ0) is 13.2. The Morgan fingerprint density at radius 3 is 2.89 bits per heavy atom. The van der Waals surface area contributed by atoms with Crippen LogP contribution in [0.5, 0.6) is 0 Å². The van der Waals surface area contributed by atoms with E-state index < -0.39 is 0 Å². The van der Waals surface area contributed by atoms with Gasteiger partial charge in [-0.05, 0) is 20.4 Å². The number of ether oxygens (including phenoxy) is 2. The lowest BCUT2D eigenvalue weighted by molar-refractivity contribution is 0.0170. The van der Waals surface area contributed by atoms with E-state index in [1.54, 1.807) is 4.68 Å². The van der Waals surface area contributed by atoms with Crippen molar-refractivity contribution in [1.29, 1.82) is 0 Å². The van der Waals surface area contributed by atoms with Gasteiger partial charge >= 0.3 is 0 Å². The first-order valence-electron chi connectivity index (χ1n) is 6.51. The molecular formula is C12H24N4O2. The lowest BCUT2D eigenvalue weighted by Crippen LogP contribution is -2.13. The molecule has 0 unspecified atom stereocenters. The summed E-state index contributed by atoms with van der Waals surface area (Å²) >= 11 is 0. The average molecular weight is 256 g/mol. The molecule has 0 aliphatic heterocycles. The fraction of sp³-hybridized carbons (Fsp3) is 0.833. The van der Waals surface area contributed by atoms with Gasteiger partial charge in [-0.25, -0.2) is 4.68 Å². The zero-order valence-electron chi connectivity index (χ0n) is 11.6. The lowest BCUT2D eigenvalue weighted by Gasteiger charge is -2.07. The third kappa shape index (κ3) is 6.68. The molecule has 0 amide bonds. The molecule has 0 saturated carbocycles. The second-order valence-electron chi connectivity index (χ2n) is 4.29. The fourth-order valence-corrected chi connectivity index (χ4v) is 1.38. The van der Waals surface area contributed by atoms with E-state index in [4.69, 9.17) is 9.47 Å². The maximum atomic E-state index is 5.45. The van der Waals surface area contributed by atoms with Crippen molar-refractivity contribution in [2.24, 2.45) is 0 Å². The van der Waals surface area contributed by atoms with Crippen molar-refractivity contribution >= 4 is 0 Å². The van der Waals surface area contributed by atoms with E-state index in [1.165, 1.54) is 0 Å². The summed E-state index contributed by atoms with van der Waals surface area (Å²) < 4.78 is 12.6. The summed E-state index contributed by atoms with van der Waals surface area (Å²) in [6.45, 7) is 10.4. The van der Waals surface area contributed by atoms with Crippen molar-refractivity contribution in [3.63, 3.8) is 0 Å². The second-order valence-corrected chi connectivity index (χ2v) is 4.29. The number of hydrogen-bond donors (Lipinski definition) is 1. The van der Waals surface area contributed by atoms with Gasteiger partial charge in [0.2, 0.25) is 0 Å². The predicted octanol–water partition coefficient (Wildman–Crippen LogP) is 0.829. The summed E-state index contributed by atoms with van der Waals surface area (Å²) in [7, 11) is 0. The molecular weight excluding hydrogens is 232 g/mol. The molecule has 1 aromatic rings. The van der Waals surface area contributed by atoms with E-state index in [9.17, 15) is 0 Å². The Balaban J connectivity index is 2.06. The smallest absolute Gasteiger partial charge is 0.0964 e. The average Bonchev–Trinajstić information content (AvgIpc) is 2.78. The summed E-state index contributed by atoms with van der Waals surface area (Å²) in [6, 6.07) is 0. The van der Waals surface area contributed by atoms with Crippen molar-refractivity contribution in [3.8, 4) is 0 Å². The molecule has 0 atom stereocenters. The van der Waals surface area contributed by atoms with Crippen LogP contribution in [-0.2, 0) is 22.6 Å². The van der Waals surface area contributed by atoms with Gasteiger partial charge in [0.15, 0.2) is 0 Å². The first-order valence-corrected chi connectivity index (χ1v) is 6.51. The van der Waals surface area contributed by atoms with Crippen molar-refractivity contribution in [3.05, 3.63) is 11.9 Å². The number of aromatic nitrogens is 3. The minimum Gasteiger partial charge on any atom is -0.377 e. The molecule has 0 spiro atoms. The van der Waals surface area contributed by atoms with E-state index in [0.717, 1.165) is 25.3 Å². The molecule has 1 rings (SSSR count). The van der Waals surface area contributed by atoms with Crippen LogP contribution in [0.2, 0.25) is 0 Å². The molecule has 18 heavy (non-hydrogen) atoms. The molecule has 6 heteroatoms. The van der Waals surface area contributed by atoms with Gasteiger partial charge in [-0.2, -0.15) is 0 Å². The zero-order valence-corrected chi connectivity index (χ0v) is 11.6. The third-order valence-electron chi connectivity index (χ3n) is 2.29. The molecule has 1 heterocycles. The Morgan fingerprint density at radius 1 is 1.33 bits per heavy atom. The molecule has 1 aromatic heterocycles. The number of rotatable bonds is 10. The summed E-state index contributed by atoms with van der Waals surface area (Å²) in [5, 5.41) is 11.3. The molecule has 0 radical (unpaired) electrons. The summed E-state index contributed by atoms with van der Waals surface area (Å²) in [6.07, 6.45) is 2.20. The Hall–Kier alpha value is -0.980. The monoisotopic (exact) mass is 256 g/mol. The van der Waals surface area contributed by atoms with Crippen LogP contribution in [0.1, 0.15) is 26.5 Å². The molecule has 6 nitrogen and oxygen atoms in total. The van der Waals surface area contributed by atoms with Crippen molar-refractivity contribution in [2.45, 2.75) is 40.0 Å². The fourth-order valence-electron chi connectivity index (χ4n) is 1.38. The Kier molecular flexibility index (Phi) is 7.55. The van der Waals surface area contributed by atoms with Crippen molar-refractivity contribution < 1.29 is 9.47 Å². The quantitative estimate of drug-likeness (QED) is 0.628. The number of nitrogens with zero attached hydrogens (tertiary/aromatic N) is 3. The molecule has 0 bridgehead atoms. The second kappa shape index (κ2) is 9.02. The topological polar surface area (TPSA) is 61.2 Å². The molecule has 0 saturated heterocycles. The van der Waals surface area contributed by atoms with Crippen LogP contribution in [-0.4, -0.2) is 47.5 Å². The Morgan fingerprint density at radius 2 is 2.17 bits per heavy atom. The standard InChI is InChI=1S/C12H24N4O2/c1-4-13-9-12-10-16(15-14-12)5-6-17-7-8-18-11(2)3/h10-11,13H,4-9H2,1-3H3. The molecule has 0 fully saturated rings. The van der Waals surface area contributed by atoms with Gasteiger partial charge in [0.1, 0.15) is 0 Å². The first-order chi connectivity index (χ1) is 8.72. The largest absolute Gasteiger partial charge is 0.377 e. The minimum atomic E-state index is 0.262. The van der Waals surface area contributed by atoms with Gasteiger partial charge in [0.25, 0.3) is 0 Å². The maximum Gasteiger partial charge on any atom is 0.0964 e. The van der Waals surface area contributed by atoms with Gasteiger partial charge in [-0.3, -0.25) is 0 Å². The summed E-state index contributed by atoms with van der Waals surface area (Å²) in [5.41, 5.74) is 0.958. The molecule has 104 valence electrons. The van der Waals surface area contributed by atoms with E-state index in [2.05, 4.69) is 22.6 Å². The lowest BCUT2D eigenvalue weighted by atomic mass is 10.4. The normalized spacial score (nSPS) is 11.3. The molecule has 1 N–H and O–H groups in total. The molecule has 0 aliphatic rings. The summed E-state index contributed by atoms with van der Waals surface area (Å²) in [4.78, 5) is 0. The van der Waals surface area contributed by atoms with E-state index in [0.29, 0.717) is 19.8 Å². The van der Waals surface area contributed by atoms with E-state index >= 15 is 0 Å². The van der Waals surface area contributed by atoms with Crippen LogP contribution in [0.25, 0.3) is 0 Å². The summed E-state index contributed by atoms with van der Waals surface area (Å²) in [5.74, 6) is 0. The van der Waals surface area contributed by atoms with Crippen LogP contribution in [0.3, 0.4) is 0 Å². The number of hydrogen-bond acceptors (Lipinski definition) is 5. The van der Waals surface area contributed by atoms with Gasteiger partial charge in [-0.15, -0.1) is 5.10 Å². The van der Waals surface area contributed by atoms with Crippen LogP contribution >= 0.6 is 0 Å². The van der Waals surface area contributed by atoms with Crippen molar-refractivity contribution in [1.82, 2.24) is 20.3 Å². The highest BCUT2D eigenvalue weighted by Crippen LogP contribution is 1.93. The predicted molar refractivity (Wildman–Crippen MR) is 69.3 cm³/mol. The maximum absolute atomic E-state index is 5.45. The van der Waals surface area contributed by atoms with Crippen molar-refractivity contribution in [2.75, 3.05) is 26.4 Å².